The van der Waals surface area contributed by atoms with Gasteiger partial charge in [-0.25, -0.2) is 0 Å². The van der Waals surface area contributed by atoms with Crippen molar-refractivity contribution >= 4 is 5.71 Å². The number of rotatable bonds is 3. The predicted octanol–water partition coefficient (Wildman–Crippen LogP) is 0.835. The summed E-state index contributed by atoms with van der Waals surface area (Å²) in [6.45, 7) is 0. The molecule has 17 heavy (non-hydrogen) atoms. The largest absolute Gasteiger partial charge is 0.507 e. The van der Waals surface area contributed by atoms with Gasteiger partial charge >= 0.3 is 0 Å². The van der Waals surface area contributed by atoms with Gasteiger partial charge in [0.1, 0.15) is 17.2 Å². The van der Waals surface area contributed by atoms with E-state index in [1.807, 2.05) is 0 Å². The zero-order valence-electron chi connectivity index (χ0n) is 9.21. The molecule has 0 aliphatic heterocycles. The third-order valence-corrected chi connectivity index (χ3v) is 2.36. The van der Waals surface area contributed by atoms with Crippen molar-refractivity contribution in [2.75, 3.05) is 7.11 Å². The molecule has 0 aliphatic rings. The molecule has 4 N–H and O–H groups in total. The van der Waals surface area contributed by atoms with Crippen LogP contribution in [0.25, 0.3) is 0 Å². The highest BCUT2D eigenvalue weighted by atomic mass is 16.5. The highest BCUT2D eigenvalue weighted by Gasteiger charge is 2.13. The number of benzene rings is 1. The van der Waals surface area contributed by atoms with E-state index in [1.165, 1.54) is 6.07 Å². The van der Waals surface area contributed by atoms with E-state index < -0.39 is 0 Å². The van der Waals surface area contributed by atoms with E-state index in [9.17, 15) is 5.11 Å². The molecule has 0 saturated heterocycles. The summed E-state index contributed by atoms with van der Waals surface area (Å²) in [5.74, 6) is 6.04. The minimum atomic E-state index is 0.0798. The summed E-state index contributed by atoms with van der Waals surface area (Å²) in [4.78, 5) is 0. The van der Waals surface area contributed by atoms with Gasteiger partial charge in [-0.3, -0.25) is 5.10 Å². The highest BCUT2D eigenvalue weighted by molar-refractivity contribution is 6.14. The Kier molecular flexibility index (Phi) is 2.95. The number of hydrogen-bond acceptors (Lipinski definition) is 5. The molecule has 6 heteroatoms. The number of hydrogen-bond donors (Lipinski definition) is 3. The Hall–Kier alpha value is -2.50. The number of phenolic OH excluding ortho intramolecular Hbond substituents is 1. The molecule has 2 rings (SSSR count). The van der Waals surface area contributed by atoms with Gasteiger partial charge in [0.05, 0.1) is 13.3 Å². The molecule has 0 atom stereocenters. The number of nitrogens with two attached hydrogens (primary N) is 1. The summed E-state index contributed by atoms with van der Waals surface area (Å²) in [6, 6.07) is 4.84. The topological polar surface area (TPSA) is 96.5 Å². The number of ether oxygens (including phenoxy) is 1. The maximum atomic E-state index is 9.81. The zero-order valence-corrected chi connectivity index (χ0v) is 9.21. The van der Waals surface area contributed by atoms with Crippen LogP contribution in [0.2, 0.25) is 0 Å². The lowest BCUT2D eigenvalue weighted by Gasteiger charge is -2.07. The number of methoxy groups -OCH3 is 1. The number of hydrazone groups is 1. The average Bonchev–Trinajstić information content (AvgIpc) is 2.86. The second kappa shape index (κ2) is 4.56. The predicted molar refractivity (Wildman–Crippen MR) is 63.1 cm³/mol. The van der Waals surface area contributed by atoms with E-state index in [0.717, 1.165) is 0 Å². The molecule has 0 unspecified atom stereocenters. The Balaban J connectivity index is 2.52. The molecule has 0 aliphatic carbocycles. The molecule has 0 radical (unpaired) electrons. The van der Waals surface area contributed by atoms with Gasteiger partial charge in [0.25, 0.3) is 0 Å². The standard InChI is InChI=1S/C11H12N4O2/c1-17-8-2-3-10(16)9(4-8)11(15-12)7-5-13-14-6-7/h2-6,16H,12H2,1H3,(H,13,14)/b15-11+. The van der Waals surface area contributed by atoms with Crippen molar-refractivity contribution in [1.29, 1.82) is 0 Å². The van der Waals surface area contributed by atoms with Crippen LogP contribution in [-0.4, -0.2) is 28.1 Å². The van der Waals surface area contributed by atoms with Crippen LogP contribution >= 0.6 is 0 Å². The molecule has 0 bridgehead atoms. The van der Waals surface area contributed by atoms with E-state index >= 15 is 0 Å². The van der Waals surface area contributed by atoms with E-state index in [2.05, 4.69) is 15.3 Å². The van der Waals surface area contributed by atoms with Gasteiger partial charge in [0, 0.05) is 17.3 Å². The summed E-state index contributed by atoms with van der Waals surface area (Å²) in [5.41, 5.74) is 1.62. The minimum Gasteiger partial charge on any atom is -0.507 e. The smallest absolute Gasteiger partial charge is 0.125 e. The monoisotopic (exact) mass is 232 g/mol. The van der Waals surface area contributed by atoms with Crippen LogP contribution in [0.3, 0.4) is 0 Å². The van der Waals surface area contributed by atoms with Gasteiger partial charge in [0.15, 0.2) is 0 Å². The summed E-state index contributed by atoms with van der Waals surface area (Å²) in [7, 11) is 1.55. The van der Waals surface area contributed by atoms with Gasteiger partial charge in [-0.2, -0.15) is 10.2 Å². The van der Waals surface area contributed by atoms with E-state index in [0.29, 0.717) is 22.6 Å². The Labute approximate surface area is 97.7 Å². The number of nitrogens with zero attached hydrogens (tertiary/aromatic N) is 2. The zero-order chi connectivity index (χ0) is 12.3. The Morgan fingerprint density at radius 2 is 2.35 bits per heavy atom. The molecule has 0 amide bonds. The lowest BCUT2D eigenvalue weighted by Crippen LogP contribution is -2.06. The van der Waals surface area contributed by atoms with Gasteiger partial charge in [0.2, 0.25) is 0 Å². The Morgan fingerprint density at radius 1 is 1.53 bits per heavy atom. The number of phenols is 1. The van der Waals surface area contributed by atoms with Crippen molar-refractivity contribution in [2.24, 2.45) is 10.9 Å². The maximum Gasteiger partial charge on any atom is 0.125 e. The molecule has 0 saturated carbocycles. The normalized spacial score (nSPS) is 11.5. The number of aromatic amines is 1. The molecule has 1 aromatic carbocycles. The molecule has 2 aromatic rings. The number of aromatic hydroxyl groups is 1. The van der Waals surface area contributed by atoms with Crippen LogP contribution in [0.4, 0.5) is 0 Å². The van der Waals surface area contributed by atoms with Crippen LogP contribution in [-0.2, 0) is 0 Å². The second-order valence-electron chi connectivity index (χ2n) is 3.35. The average molecular weight is 232 g/mol. The molecule has 6 nitrogen and oxygen atoms in total. The third-order valence-electron chi connectivity index (χ3n) is 2.36. The molecule has 1 heterocycles. The highest BCUT2D eigenvalue weighted by Crippen LogP contribution is 2.25. The number of H-pyrrole nitrogens is 1. The van der Waals surface area contributed by atoms with Crippen molar-refractivity contribution in [1.82, 2.24) is 10.2 Å². The first-order valence-corrected chi connectivity index (χ1v) is 4.90. The Bertz CT molecular complexity index is 534. The van der Waals surface area contributed by atoms with Crippen molar-refractivity contribution in [3.8, 4) is 11.5 Å². The first kappa shape index (κ1) is 11.0. The quantitative estimate of drug-likeness (QED) is 0.415. The lowest BCUT2D eigenvalue weighted by atomic mass is 10.0. The fraction of sp³-hybridized carbons (Fsp3) is 0.0909. The molecule has 0 fully saturated rings. The third kappa shape index (κ3) is 2.05. The fourth-order valence-electron chi connectivity index (χ4n) is 1.51. The summed E-state index contributed by atoms with van der Waals surface area (Å²) in [6.07, 6.45) is 3.22. The molecular formula is C11H12N4O2. The van der Waals surface area contributed by atoms with Crippen molar-refractivity contribution in [2.45, 2.75) is 0 Å². The SMILES string of the molecule is COc1ccc(O)c(/C(=N/N)c2cn[nH]c2)c1. The van der Waals surface area contributed by atoms with Gasteiger partial charge in [-0.1, -0.05) is 0 Å². The van der Waals surface area contributed by atoms with Gasteiger partial charge in [-0.05, 0) is 18.2 Å². The fourth-order valence-corrected chi connectivity index (χ4v) is 1.51. The van der Waals surface area contributed by atoms with Crippen molar-refractivity contribution < 1.29 is 9.84 Å². The summed E-state index contributed by atoms with van der Waals surface area (Å²) >= 11 is 0. The first-order chi connectivity index (χ1) is 8.26. The van der Waals surface area contributed by atoms with E-state index in [1.54, 1.807) is 31.6 Å². The van der Waals surface area contributed by atoms with Gasteiger partial charge < -0.3 is 15.7 Å². The molecule has 0 spiro atoms. The first-order valence-electron chi connectivity index (χ1n) is 4.90. The van der Waals surface area contributed by atoms with Crippen LogP contribution in [0.15, 0.2) is 35.7 Å². The van der Waals surface area contributed by atoms with Crippen LogP contribution in [0.1, 0.15) is 11.1 Å². The summed E-state index contributed by atoms with van der Waals surface area (Å²) in [5, 5.41) is 20.0. The second-order valence-corrected chi connectivity index (χ2v) is 3.35. The van der Waals surface area contributed by atoms with Gasteiger partial charge in [-0.15, -0.1) is 0 Å². The maximum absolute atomic E-state index is 9.81. The Morgan fingerprint density at radius 3 is 2.94 bits per heavy atom. The number of aromatic nitrogens is 2. The lowest BCUT2D eigenvalue weighted by molar-refractivity contribution is 0.412. The summed E-state index contributed by atoms with van der Waals surface area (Å²) < 4.78 is 5.09. The minimum absolute atomic E-state index is 0.0798. The molecule has 88 valence electrons. The van der Waals surface area contributed by atoms with Crippen molar-refractivity contribution in [3.63, 3.8) is 0 Å². The van der Waals surface area contributed by atoms with E-state index in [4.69, 9.17) is 10.6 Å². The van der Waals surface area contributed by atoms with Crippen LogP contribution in [0.5, 0.6) is 11.5 Å². The van der Waals surface area contributed by atoms with E-state index in [-0.39, 0.29) is 5.75 Å². The number of nitrogens with one attached hydrogen (secondary N) is 1. The molecular weight excluding hydrogens is 220 g/mol. The van der Waals surface area contributed by atoms with Crippen LogP contribution in [0, 0.1) is 0 Å². The van der Waals surface area contributed by atoms with Crippen LogP contribution < -0.4 is 10.6 Å². The molecule has 1 aromatic heterocycles. The van der Waals surface area contributed by atoms with Crippen molar-refractivity contribution in [3.05, 3.63) is 41.7 Å².